The summed E-state index contributed by atoms with van der Waals surface area (Å²) in [5, 5.41) is 8.71. The number of carbonyl (C=O) groups is 1. The van der Waals surface area contributed by atoms with Crippen molar-refractivity contribution in [2.24, 2.45) is 0 Å². The average Bonchev–Trinajstić information content (AvgIpc) is 2.66. The van der Waals surface area contributed by atoms with Crippen molar-refractivity contribution in [2.75, 3.05) is 0 Å². The molecule has 1 atom stereocenters. The van der Waals surface area contributed by atoms with Crippen LogP contribution < -0.4 is 4.74 Å². The van der Waals surface area contributed by atoms with Crippen LogP contribution in [0.25, 0.3) is 11.0 Å². The zero-order valence-electron chi connectivity index (χ0n) is 8.10. The third kappa shape index (κ3) is 1.76. The summed E-state index contributed by atoms with van der Waals surface area (Å²) in [7, 11) is 0. The molecule has 78 valence electrons. The molecular weight excluding hydrogens is 196 g/mol. The van der Waals surface area contributed by atoms with E-state index >= 15 is 0 Å². The van der Waals surface area contributed by atoms with E-state index in [4.69, 9.17) is 9.84 Å². The number of nitrogens with one attached hydrogen (secondary N) is 1. The van der Waals surface area contributed by atoms with Crippen LogP contribution in [0.4, 0.5) is 0 Å². The molecule has 0 aliphatic rings. The van der Waals surface area contributed by atoms with E-state index in [-0.39, 0.29) is 0 Å². The first-order valence-corrected chi connectivity index (χ1v) is 4.50. The highest BCUT2D eigenvalue weighted by atomic mass is 16.5. The van der Waals surface area contributed by atoms with Gasteiger partial charge in [-0.25, -0.2) is 9.78 Å². The Kier molecular flexibility index (Phi) is 2.29. The number of hydrogen-bond donors (Lipinski definition) is 2. The molecule has 2 aromatic rings. The normalized spacial score (nSPS) is 12.6. The Morgan fingerprint density at radius 1 is 1.60 bits per heavy atom. The Morgan fingerprint density at radius 2 is 2.40 bits per heavy atom. The second-order valence-electron chi connectivity index (χ2n) is 3.15. The molecule has 2 rings (SSSR count). The summed E-state index contributed by atoms with van der Waals surface area (Å²) in [6, 6.07) is 5.33. The lowest BCUT2D eigenvalue weighted by molar-refractivity contribution is -0.144. The van der Waals surface area contributed by atoms with Gasteiger partial charge >= 0.3 is 5.97 Å². The molecule has 0 unspecified atom stereocenters. The molecule has 15 heavy (non-hydrogen) atoms. The lowest BCUT2D eigenvalue weighted by atomic mass is 10.3. The fraction of sp³-hybridized carbons (Fsp3) is 0.200. The number of benzene rings is 1. The summed E-state index contributed by atoms with van der Waals surface area (Å²) >= 11 is 0. The van der Waals surface area contributed by atoms with Crippen molar-refractivity contribution >= 4 is 17.0 Å². The maximum absolute atomic E-state index is 10.6. The van der Waals surface area contributed by atoms with E-state index in [9.17, 15) is 4.79 Å². The molecule has 0 aliphatic carbocycles. The molecule has 0 saturated heterocycles. The van der Waals surface area contributed by atoms with Crippen LogP contribution in [0.3, 0.4) is 0 Å². The topological polar surface area (TPSA) is 75.2 Å². The summed E-state index contributed by atoms with van der Waals surface area (Å²) in [4.78, 5) is 17.6. The van der Waals surface area contributed by atoms with Gasteiger partial charge < -0.3 is 14.8 Å². The monoisotopic (exact) mass is 206 g/mol. The van der Waals surface area contributed by atoms with E-state index in [1.54, 1.807) is 18.5 Å². The number of para-hydroxylation sites is 1. The van der Waals surface area contributed by atoms with Crippen LogP contribution >= 0.6 is 0 Å². The first-order chi connectivity index (χ1) is 7.18. The number of rotatable bonds is 3. The number of imidazole rings is 1. The highest BCUT2D eigenvalue weighted by molar-refractivity contribution is 5.82. The lowest BCUT2D eigenvalue weighted by Crippen LogP contribution is -2.22. The van der Waals surface area contributed by atoms with Gasteiger partial charge in [-0.3, -0.25) is 0 Å². The lowest BCUT2D eigenvalue weighted by Gasteiger charge is -2.10. The molecule has 0 radical (unpaired) electrons. The second-order valence-corrected chi connectivity index (χ2v) is 3.15. The van der Waals surface area contributed by atoms with Crippen molar-refractivity contribution in [3.8, 4) is 5.75 Å². The zero-order chi connectivity index (χ0) is 10.8. The molecule has 0 aliphatic heterocycles. The Bertz CT molecular complexity index is 492. The minimum atomic E-state index is -0.998. The van der Waals surface area contributed by atoms with Crippen molar-refractivity contribution in [3.05, 3.63) is 24.5 Å². The van der Waals surface area contributed by atoms with Crippen LogP contribution in [0.2, 0.25) is 0 Å². The molecule has 2 N–H and O–H groups in total. The summed E-state index contributed by atoms with van der Waals surface area (Å²) in [5.74, 6) is -0.522. The van der Waals surface area contributed by atoms with Crippen LogP contribution in [-0.2, 0) is 4.79 Å². The summed E-state index contributed by atoms with van der Waals surface area (Å²) in [6.45, 7) is 1.48. The maximum atomic E-state index is 10.6. The van der Waals surface area contributed by atoms with Crippen molar-refractivity contribution in [2.45, 2.75) is 13.0 Å². The molecule has 5 nitrogen and oxygen atoms in total. The van der Waals surface area contributed by atoms with Crippen molar-refractivity contribution < 1.29 is 14.6 Å². The van der Waals surface area contributed by atoms with Gasteiger partial charge in [-0.05, 0) is 19.1 Å². The predicted molar refractivity (Wildman–Crippen MR) is 53.8 cm³/mol. The van der Waals surface area contributed by atoms with Crippen LogP contribution in [0.1, 0.15) is 6.92 Å². The van der Waals surface area contributed by atoms with E-state index in [1.165, 1.54) is 6.92 Å². The first-order valence-electron chi connectivity index (χ1n) is 4.50. The number of hydrogen-bond acceptors (Lipinski definition) is 3. The highest BCUT2D eigenvalue weighted by Crippen LogP contribution is 2.22. The molecule has 1 aromatic heterocycles. The third-order valence-corrected chi connectivity index (χ3v) is 2.06. The molecule has 1 heterocycles. The first kappa shape index (κ1) is 9.51. The predicted octanol–water partition coefficient (Wildman–Crippen LogP) is 1.41. The van der Waals surface area contributed by atoms with E-state index in [0.29, 0.717) is 11.3 Å². The maximum Gasteiger partial charge on any atom is 0.344 e. The van der Waals surface area contributed by atoms with Gasteiger partial charge in [0.2, 0.25) is 0 Å². The standard InChI is InChI=1S/C10H10N2O3/c1-6(10(13)14)15-8-4-2-3-7-9(8)12-5-11-7/h2-6H,1H3,(H,11,12)(H,13,14)/t6-/m0/s1. The average molecular weight is 206 g/mol. The molecule has 5 heteroatoms. The van der Waals surface area contributed by atoms with Crippen LogP contribution in [0.5, 0.6) is 5.75 Å². The Hall–Kier alpha value is -2.04. The molecular formula is C10H10N2O3. The number of H-pyrrole nitrogens is 1. The van der Waals surface area contributed by atoms with Crippen molar-refractivity contribution in [3.63, 3.8) is 0 Å². The largest absolute Gasteiger partial charge is 0.479 e. The van der Waals surface area contributed by atoms with Crippen LogP contribution in [-0.4, -0.2) is 27.1 Å². The number of carboxylic acid groups (broad SMARTS) is 1. The van der Waals surface area contributed by atoms with Gasteiger partial charge in [-0.1, -0.05) is 6.07 Å². The number of aliphatic carboxylic acids is 1. The van der Waals surface area contributed by atoms with Gasteiger partial charge in [0.25, 0.3) is 0 Å². The summed E-state index contributed by atoms with van der Waals surface area (Å²) < 4.78 is 5.27. The number of aromatic nitrogens is 2. The van der Waals surface area contributed by atoms with Crippen LogP contribution in [0, 0.1) is 0 Å². The molecule has 0 bridgehead atoms. The Morgan fingerprint density at radius 3 is 3.13 bits per heavy atom. The van der Waals surface area contributed by atoms with Gasteiger partial charge in [0.15, 0.2) is 6.10 Å². The molecule has 1 aromatic carbocycles. The van der Waals surface area contributed by atoms with Gasteiger partial charge in [-0.2, -0.15) is 0 Å². The van der Waals surface area contributed by atoms with E-state index in [0.717, 1.165) is 5.52 Å². The van der Waals surface area contributed by atoms with Gasteiger partial charge in [-0.15, -0.1) is 0 Å². The number of nitrogens with zero attached hydrogens (tertiary/aromatic N) is 1. The van der Waals surface area contributed by atoms with Gasteiger partial charge in [0.1, 0.15) is 11.3 Å². The summed E-state index contributed by atoms with van der Waals surface area (Å²) in [5.41, 5.74) is 1.47. The second kappa shape index (κ2) is 3.61. The number of fused-ring (bicyclic) bond motifs is 1. The highest BCUT2D eigenvalue weighted by Gasteiger charge is 2.14. The summed E-state index contributed by atoms with van der Waals surface area (Å²) in [6.07, 6.45) is 0.662. The number of aromatic amines is 1. The smallest absolute Gasteiger partial charge is 0.344 e. The quantitative estimate of drug-likeness (QED) is 0.796. The Labute approximate surface area is 85.7 Å². The van der Waals surface area contributed by atoms with Crippen molar-refractivity contribution in [1.29, 1.82) is 0 Å². The van der Waals surface area contributed by atoms with E-state index < -0.39 is 12.1 Å². The minimum Gasteiger partial charge on any atom is -0.479 e. The fourth-order valence-electron chi connectivity index (χ4n) is 1.27. The van der Waals surface area contributed by atoms with Gasteiger partial charge in [0, 0.05) is 0 Å². The molecule has 0 spiro atoms. The van der Waals surface area contributed by atoms with Crippen LogP contribution in [0.15, 0.2) is 24.5 Å². The number of carboxylic acids is 1. The zero-order valence-corrected chi connectivity index (χ0v) is 8.10. The Balaban J connectivity index is 2.35. The minimum absolute atomic E-state index is 0.476. The van der Waals surface area contributed by atoms with Gasteiger partial charge in [0.05, 0.1) is 11.8 Å². The molecule has 0 saturated carbocycles. The SMILES string of the molecule is C[C@H](Oc1cccc2[nH]cnc12)C(=O)O. The fourth-order valence-corrected chi connectivity index (χ4v) is 1.27. The van der Waals surface area contributed by atoms with E-state index in [1.807, 2.05) is 6.07 Å². The number of ether oxygens (including phenoxy) is 1. The van der Waals surface area contributed by atoms with E-state index in [2.05, 4.69) is 9.97 Å². The molecule has 0 amide bonds. The third-order valence-electron chi connectivity index (χ3n) is 2.06. The molecule has 0 fully saturated rings. The van der Waals surface area contributed by atoms with Crippen molar-refractivity contribution in [1.82, 2.24) is 9.97 Å².